The van der Waals surface area contributed by atoms with Gasteiger partial charge in [0.1, 0.15) is 11.5 Å². The zero-order valence-corrected chi connectivity index (χ0v) is 10.4. The highest BCUT2D eigenvalue weighted by atomic mass is 16.4. The molecule has 0 aromatic rings. The maximum atomic E-state index is 11.1. The molecule has 2 atom stereocenters. The van der Waals surface area contributed by atoms with Crippen molar-refractivity contribution in [1.29, 1.82) is 0 Å². The zero-order valence-electron chi connectivity index (χ0n) is 10.4. The first kappa shape index (κ1) is 13.7. The lowest BCUT2D eigenvalue weighted by atomic mass is 9.78. The molecule has 1 aliphatic carbocycles. The van der Waals surface area contributed by atoms with Crippen LogP contribution in [0.1, 0.15) is 33.1 Å². The number of hydrogen-bond donors (Lipinski definition) is 2. The first-order valence-corrected chi connectivity index (χ1v) is 6.00. The van der Waals surface area contributed by atoms with Gasteiger partial charge in [0.15, 0.2) is 0 Å². The van der Waals surface area contributed by atoms with Crippen LogP contribution in [0.2, 0.25) is 0 Å². The number of rotatable bonds is 5. The Morgan fingerprint density at radius 1 is 1.59 bits per heavy atom. The van der Waals surface area contributed by atoms with Crippen LogP contribution >= 0.6 is 0 Å². The monoisotopic (exact) mass is 236 g/mol. The van der Waals surface area contributed by atoms with Crippen molar-refractivity contribution in [3.63, 3.8) is 0 Å². The molecule has 0 amide bonds. The molecule has 0 bridgehead atoms. The van der Waals surface area contributed by atoms with Gasteiger partial charge in [-0.05, 0) is 18.9 Å². The molecular formula is C14H20O3. The van der Waals surface area contributed by atoms with E-state index in [-0.39, 0.29) is 0 Å². The number of carboxylic acids is 1. The second-order valence-electron chi connectivity index (χ2n) is 4.42. The molecule has 0 aliphatic heterocycles. The van der Waals surface area contributed by atoms with Gasteiger partial charge in [-0.25, -0.2) is 0 Å². The highest BCUT2D eigenvalue weighted by Gasteiger charge is 2.40. The lowest BCUT2D eigenvalue weighted by molar-refractivity contribution is -0.144. The Morgan fingerprint density at radius 2 is 2.29 bits per heavy atom. The lowest BCUT2D eigenvalue weighted by Gasteiger charge is -2.32. The summed E-state index contributed by atoms with van der Waals surface area (Å²) in [6, 6.07) is 0. The predicted molar refractivity (Wildman–Crippen MR) is 67.6 cm³/mol. The molecule has 0 aromatic carbocycles. The first-order valence-electron chi connectivity index (χ1n) is 6.00. The van der Waals surface area contributed by atoms with Gasteiger partial charge < -0.3 is 10.2 Å². The van der Waals surface area contributed by atoms with Crippen molar-refractivity contribution in [3.05, 3.63) is 36.0 Å². The minimum Gasteiger partial charge on any atom is -0.481 e. The van der Waals surface area contributed by atoms with E-state index >= 15 is 0 Å². The molecule has 94 valence electrons. The summed E-state index contributed by atoms with van der Waals surface area (Å²) in [6.45, 7) is 3.85. The predicted octanol–water partition coefficient (Wildman–Crippen LogP) is 2.68. The topological polar surface area (TPSA) is 57.5 Å². The van der Waals surface area contributed by atoms with Crippen molar-refractivity contribution < 1.29 is 15.0 Å². The van der Waals surface area contributed by atoms with Crippen molar-refractivity contribution in [2.24, 2.45) is 5.92 Å². The van der Waals surface area contributed by atoms with Gasteiger partial charge in [0.2, 0.25) is 0 Å². The molecule has 0 aromatic heterocycles. The van der Waals surface area contributed by atoms with Crippen LogP contribution in [0.5, 0.6) is 0 Å². The molecule has 0 fully saturated rings. The summed E-state index contributed by atoms with van der Waals surface area (Å²) in [5.74, 6) is -1.90. The lowest BCUT2D eigenvalue weighted by Crippen LogP contribution is -2.42. The normalized spacial score (nSPS) is 28.4. The number of carbonyl (C=O) groups is 1. The van der Waals surface area contributed by atoms with E-state index < -0.39 is 17.5 Å². The second kappa shape index (κ2) is 5.82. The standard InChI is InChI=1S/C14H20O3/c1-3-4-5-6-10-14(17)11(2)8-7-9-12(14)13(15)16/h6-10,12,17H,3-5H2,1-2H3,(H,15,16). The second-order valence-corrected chi connectivity index (χ2v) is 4.42. The van der Waals surface area contributed by atoms with E-state index in [0.717, 1.165) is 19.3 Å². The van der Waals surface area contributed by atoms with E-state index in [4.69, 9.17) is 5.11 Å². The van der Waals surface area contributed by atoms with E-state index in [1.165, 1.54) is 6.08 Å². The molecule has 0 radical (unpaired) electrons. The average molecular weight is 236 g/mol. The molecule has 17 heavy (non-hydrogen) atoms. The van der Waals surface area contributed by atoms with Crippen molar-refractivity contribution in [2.75, 3.05) is 0 Å². The van der Waals surface area contributed by atoms with E-state index in [1.807, 2.05) is 6.08 Å². The summed E-state index contributed by atoms with van der Waals surface area (Å²) in [5.41, 5.74) is -0.714. The Balaban J connectivity index is 2.88. The van der Waals surface area contributed by atoms with Gasteiger partial charge in [-0.2, -0.15) is 0 Å². The average Bonchev–Trinajstić information content (AvgIpc) is 2.28. The van der Waals surface area contributed by atoms with E-state index in [2.05, 4.69) is 6.92 Å². The van der Waals surface area contributed by atoms with Gasteiger partial charge in [-0.1, -0.05) is 50.1 Å². The van der Waals surface area contributed by atoms with Crippen LogP contribution in [0, 0.1) is 5.92 Å². The van der Waals surface area contributed by atoms with Gasteiger partial charge in [0, 0.05) is 0 Å². The van der Waals surface area contributed by atoms with Gasteiger partial charge in [0.25, 0.3) is 0 Å². The van der Waals surface area contributed by atoms with Crippen molar-refractivity contribution in [1.82, 2.24) is 0 Å². The fourth-order valence-corrected chi connectivity index (χ4v) is 1.93. The molecule has 0 saturated heterocycles. The largest absolute Gasteiger partial charge is 0.481 e. The molecule has 0 saturated carbocycles. The smallest absolute Gasteiger partial charge is 0.314 e. The molecule has 2 N–H and O–H groups in total. The molecular weight excluding hydrogens is 216 g/mol. The minimum atomic E-state index is -1.38. The van der Waals surface area contributed by atoms with Crippen LogP contribution < -0.4 is 0 Å². The summed E-state index contributed by atoms with van der Waals surface area (Å²) in [7, 11) is 0. The number of carboxylic acid groups (broad SMARTS) is 1. The van der Waals surface area contributed by atoms with E-state index in [9.17, 15) is 9.90 Å². The summed E-state index contributed by atoms with van der Waals surface area (Å²) in [5, 5.41) is 19.6. The fraction of sp³-hybridized carbons (Fsp3) is 0.500. The summed E-state index contributed by atoms with van der Waals surface area (Å²) in [6.07, 6.45) is 11.4. The van der Waals surface area contributed by atoms with Gasteiger partial charge in [-0.3, -0.25) is 4.79 Å². The fourth-order valence-electron chi connectivity index (χ4n) is 1.93. The Labute approximate surface area is 102 Å². The Bertz CT molecular complexity index is 366. The van der Waals surface area contributed by atoms with Crippen LogP contribution in [0.4, 0.5) is 0 Å². The molecule has 3 nitrogen and oxygen atoms in total. The van der Waals surface area contributed by atoms with Crippen molar-refractivity contribution in [3.8, 4) is 0 Å². The maximum absolute atomic E-state index is 11.1. The van der Waals surface area contributed by atoms with Crippen LogP contribution in [0.25, 0.3) is 0 Å². The third kappa shape index (κ3) is 3.07. The highest BCUT2D eigenvalue weighted by molar-refractivity contribution is 5.76. The summed E-state index contributed by atoms with van der Waals surface area (Å²) >= 11 is 0. The summed E-state index contributed by atoms with van der Waals surface area (Å²) in [4.78, 5) is 11.1. The zero-order chi connectivity index (χ0) is 12.9. The summed E-state index contributed by atoms with van der Waals surface area (Å²) < 4.78 is 0. The SMILES string of the molecule is CCCCC=CC1(O)C(C)=CC=CC1C(=O)O. The van der Waals surface area contributed by atoms with Gasteiger partial charge in [0.05, 0.1) is 0 Å². The first-order chi connectivity index (χ1) is 8.02. The van der Waals surface area contributed by atoms with Crippen LogP contribution in [-0.4, -0.2) is 21.8 Å². The molecule has 3 heteroatoms. The minimum absolute atomic E-state index is 0.667. The maximum Gasteiger partial charge on any atom is 0.314 e. The van der Waals surface area contributed by atoms with Crippen LogP contribution in [-0.2, 0) is 4.79 Å². The third-order valence-corrected chi connectivity index (χ3v) is 3.12. The number of unbranched alkanes of at least 4 members (excludes halogenated alkanes) is 2. The number of aliphatic hydroxyl groups is 1. The van der Waals surface area contributed by atoms with Gasteiger partial charge >= 0.3 is 5.97 Å². The number of aliphatic carboxylic acids is 1. The van der Waals surface area contributed by atoms with Crippen LogP contribution in [0.15, 0.2) is 36.0 Å². The highest BCUT2D eigenvalue weighted by Crippen LogP contribution is 2.32. The van der Waals surface area contributed by atoms with Gasteiger partial charge in [-0.15, -0.1) is 0 Å². The van der Waals surface area contributed by atoms with Crippen molar-refractivity contribution in [2.45, 2.75) is 38.7 Å². The van der Waals surface area contributed by atoms with Crippen LogP contribution in [0.3, 0.4) is 0 Å². The van der Waals surface area contributed by atoms with E-state index in [0.29, 0.717) is 5.57 Å². The molecule has 0 spiro atoms. The molecule has 0 heterocycles. The third-order valence-electron chi connectivity index (χ3n) is 3.12. The quantitative estimate of drug-likeness (QED) is 0.570. The molecule has 2 unspecified atom stereocenters. The Hall–Kier alpha value is -1.35. The van der Waals surface area contributed by atoms with Crippen molar-refractivity contribution >= 4 is 5.97 Å². The Morgan fingerprint density at radius 3 is 2.88 bits per heavy atom. The molecule has 1 rings (SSSR count). The van der Waals surface area contributed by atoms with E-state index in [1.54, 1.807) is 25.2 Å². The number of hydrogen-bond acceptors (Lipinski definition) is 2. The Kier molecular flexibility index (Phi) is 4.70. The number of allylic oxidation sites excluding steroid dienone is 3. The molecule has 1 aliphatic rings.